The van der Waals surface area contributed by atoms with Crippen LogP contribution < -0.4 is 10.7 Å². The second-order valence-corrected chi connectivity index (χ2v) is 2.76. The molecule has 2 N–H and O–H groups in total. The van der Waals surface area contributed by atoms with Crippen molar-refractivity contribution in [1.29, 1.82) is 0 Å². The van der Waals surface area contributed by atoms with E-state index in [2.05, 4.69) is 15.8 Å². The third kappa shape index (κ3) is 2.86. The minimum atomic E-state index is -1.25. The van der Waals surface area contributed by atoms with Gasteiger partial charge in [-0.15, -0.1) is 0 Å². The van der Waals surface area contributed by atoms with Crippen molar-refractivity contribution in [3.05, 3.63) is 0 Å². The van der Waals surface area contributed by atoms with E-state index in [1.807, 2.05) is 0 Å². The van der Waals surface area contributed by atoms with E-state index in [9.17, 15) is 9.18 Å². The maximum absolute atomic E-state index is 12.8. The number of hydrogen-bond donors (Lipinski definition) is 2. The van der Waals surface area contributed by atoms with E-state index in [1.165, 1.54) is 0 Å². The lowest BCUT2D eigenvalue weighted by Crippen LogP contribution is -2.32. The molecule has 1 saturated carbocycles. The van der Waals surface area contributed by atoms with Crippen LogP contribution in [0.15, 0.2) is 5.10 Å². The van der Waals surface area contributed by atoms with Crippen LogP contribution in [-0.4, -0.2) is 24.5 Å². The van der Waals surface area contributed by atoms with Crippen LogP contribution in [0.1, 0.15) is 19.8 Å². The summed E-state index contributed by atoms with van der Waals surface area (Å²) < 4.78 is 12.8. The molecule has 0 aromatic heterocycles. The number of halogens is 1. The summed E-state index contributed by atoms with van der Waals surface area (Å²) in [6, 6.07) is -0.405. The number of hydrazone groups is 1. The van der Waals surface area contributed by atoms with E-state index in [4.69, 9.17) is 0 Å². The lowest BCUT2D eigenvalue weighted by Gasteiger charge is -1.99. The second-order valence-electron chi connectivity index (χ2n) is 2.76. The van der Waals surface area contributed by atoms with E-state index in [1.54, 1.807) is 6.92 Å². The number of carbonyl (C=O) groups is 1. The maximum Gasteiger partial charge on any atom is 0.335 e. The summed E-state index contributed by atoms with van der Waals surface area (Å²) in [6.45, 7) is 2.32. The number of urea groups is 1. The SMILES string of the molecule is CCNC(=O)N/N=C/C1(F)CC1. The van der Waals surface area contributed by atoms with Crippen LogP contribution in [-0.2, 0) is 0 Å². The Morgan fingerprint density at radius 2 is 2.42 bits per heavy atom. The first kappa shape index (κ1) is 8.96. The van der Waals surface area contributed by atoms with Crippen molar-refractivity contribution in [2.24, 2.45) is 5.10 Å². The Hall–Kier alpha value is -1.13. The quantitative estimate of drug-likeness (QED) is 0.481. The van der Waals surface area contributed by atoms with Gasteiger partial charge in [0, 0.05) is 6.54 Å². The van der Waals surface area contributed by atoms with Gasteiger partial charge in [0.15, 0.2) is 0 Å². The minimum Gasteiger partial charge on any atom is -0.337 e. The molecule has 0 atom stereocenters. The number of alkyl halides is 1. The van der Waals surface area contributed by atoms with Gasteiger partial charge in [-0.2, -0.15) is 5.10 Å². The Balaban J connectivity index is 2.16. The highest BCUT2D eigenvalue weighted by atomic mass is 19.1. The first-order valence-electron chi connectivity index (χ1n) is 3.93. The van der Waals surface area contributed by atoms with Crippen LogP contribution in [0.25, 0.3) is 0 Å². The lowest BCUT2D eigenvalue weighted by molar-refractivity contribution is 0.242. The zero-order valence-electron chi connectivity index (χ0n) is 6.93. The number of hydrogen-bond acceptors (Lipinski definition) is 2. The van der Waals surface area contributed by atoms with Gasteiger partial charge in [0.05, 0.1) is 6.21 Å². The van der Waals surface area contributed by atoms with E-state index >= 15 is 0 Å². The van der Waals surface area contributed by atoms with Crippen molar-refractivity contribution in [1.82, 2.24) is 10.7 Å². The van der Waals surface area contributed by atoms with Crippen LogP contribution in [0.3, 0.4) is 0 Å². The van der Waals surface area contributed by atoms with Crippen molar-refractivity contribution in [3.63, 3.8) is 0 Å². The van der Waals surface area contributed by atoms with Gasteiger partial charge < -0.3 is 5.32 Å². The molecule has 12 heavy (non-hydrogen) atoms. The third-order valence-corrected chi connectivity index (χ3v) is 1.53. The Morgan fingerprint density at radius 1 is 1.75 bits per heavy atom. The number of carbonyl (C=O) groups excluding carboxylic acids is 1. The van der Waals surface area contributed by atoms with Gasteiger partial charge in [-0.1, -0.05) is 0 Å². The highest BCUT2D eigenvalue weighted by Crippen LogP contribution is 2.37. The average molecular weight is 173 g/mol. The molecule has 1 rings (SSSR count). The molecule has 0 saturated heterocycles. The van der Waals surface area contributed by atoms with Crippen LogP contribution >= 0.6 is 0 Å². The topological polar surface area (TPSA) is 53.5 Å². The summed E-state index contributed by atoms with van der Waals surface area (Å²) in [4.78, 5) is 10.7. The molecular weight excluding hydrogens is 161 g/mol. The van der Waals surface area contributed by atoms with Crippen molar-refractivity contribution in [2.45, 2.75) is 25.4 Å². The summed E-state index contributed by atoms with van der Waals surface area (Å²) in [7, 11) is 0. The first-order valence-corrected chi connectivity index (χ1v) is 3.93. The number of nitrogens with zero attached hydrogens (tertiary/aromatic N) is 1. The fourth-order valence-electron chi connectivity index (χ4n) is 0.655. The first-order chi connectivity index (χ1) is 5.66. The molecule has 0 unspecified atom stereocenters. The molecule has 1 fully saturated rings. The largest absolute Gasteiger partial charge is 0.337 e. The Kier molecular flexibility index (Phi) is 2.62. The lowest BCUT2D eigenvalue weighted by atomic mass is 10.4. The predicted molar refractivity (Wildman–Crippen MR) is 43.8 cm³/mol. The molecule has 5 heteroatoms. The van der Waals surface area contributed by atoms with Crippen molar-refractivity contribution in [3.8, 4) is 0 Å². The fraction of sp³-hybridized carbons (Fsp3) is 0.714. The van der Waals surface area contributed by atoms with Gasteiger partial charge in [0.2, 0.25) is 0 Å². The van der Waals surface area contributed by atoms with E-state index in [0.29, 0.717) is 19.4 Å². The van der Waals surface area contributed by atoms with Crippen LogP contribution in [0.4, 0.5) is 9.18 Å². The van der Waals surface area contributed by atoms with Gasteiger partial charge in [0.1, 0.15) is 5.67 Å². The third-order valence-electron chi connectivity index (χ3n) is 1.53. The van der Waals surface area contributed by atoms with Crippen LogP contribution in [0, 0.1) is 0 Å². The Labute approximate surface area is 70.2 Å². The molecule has 0 radical (unpaired) electrons. The molecule has 0 bridgehead atoms. The monoisotopic (exact) mass is 173 g/mol. The van der Waals surface area contributed by atoms with Gasteiger partial charge in [-0.05, 0) is 19.8 Å². The van der Waals surface area contributed by atoms with Gasteiger partial charge in [-0.25, -0.2) is 14.6 Å². The van der Waals surface area contributed by atoms with Crippen molar-refractivity contribution >= 4 is 12.2 Å². The number of rotatable bonds is 3. The number of nitrogens with one attached hydrogen (secondary N) is 2. The summed E-state index contributed by atoms with van der Waals surface area (Å²) in [5.74, 6) is 0. The van der Waals surface area contributed by atoms with Gasteiger partial charge in [-0.3, -0.25) is 0 Å². The molecule has 2 amide bonds. The highest BCUT2D eigenvalue weighted by Gasteiger charge is 2.41. The summed E-state index contributed by atoms with van der Waals surface area (Å²) in [5, 5.41) is 5.93. The fourth-order valence-corrected chi connectivity index (χ4v) is 0.655. The predicted octanol–water partition coefficient (Wildman–Crippen LogP) is 0.793. The molecule has 0 aromatic carbocycles. The second kappa shape index (κ2) is 3.51. The molecule has 1 aliphatic rings. The molecule has 0 heterocycles. The van der Waals surface area contributed by atoms with Gasteiger partial charge >= 0.3 is 6.03 Å². The molecule has 4 nitrogen and oxygen atoms in total. The maximum atomic E-state index is 12.8. The molecule has 68 valence electrons. The minimum absolute atomic E-state index is 0.405. The smallest absolute Gasteiger partial charge is 0.335 e. The molecule has 0 aliphatic heterocycles. The average Bonchev–Trinajstić information content (AvgIpc) is 2.69. The zero-order valence-corrected chi connectivity index (χ0v) is 6.93. The Bertz CT molecular complexity index is 201. The zero-order chi connectivity index (χ0) is 9.03. The summed E-state index contributed by atoms with van der Waals surface area (Å²) >= 11 is 0. The van der Waals surface area contributed by atoms with E-state index < -0.39 is 11.7 Å². The van der Waals surface area contributed by atoms with Crippen molar-refractivity contribution < 1.29 is 9.18 Å². The van der Waals surface area contributed by atoms with Crippen LogP contribution in [0.5, 0.6) is 0 Å². The molecule has 0 aromatic rings. The molecule has 0 spiro atoms. The standard InChI is InChI=1S/C7H12FN3O/c1-2-9-6(12)11-10-5-7(8)3-4-7/h5H,2-4H2,1H3,(H2,9,11,12)/b10-5+. The summed E-state index contributed by atoms with van der Waals surface area (Å²) in [6.07, 6.45) is 2.16. The summed E-state index contributed by atoms with van der Waals surface area (Å²) in [5.41, 5.74) is 0.909. The van der Waals surface area contributed by atoms with Crippen LogP contribution in [0.2, 0.25) is 0 Å². The normalized spacial score (nSPS) is 19.2. The Morgan fingerprint density at radius 3 is 2.92 bits per heavy atom. The van der Waals surface area contributed by atoms with Gasteiger partial charge in [0.25, 0.3) is 0 Å². The molecular formula is C7H12FN3O. The molecule has 1 aliphatic carbocycles. The number of amides is 2. The van der Waals surface area contributed by atoms with E-state index in [-0.39, 0.29) is 0 Å². The van der Waals surface area contributed by atoms with Crippen molar-refractivity contribution in [2.75, 3.05) is 6.54 Å². The highest BCUT2D eigenvalue weighted by molar-refractivity contribution is 5.77. The van der Waals surface area contributed by atoms with E-state index in [0.717, 1.165) is 6.21 Å².